The van der Waals surface area contributed by atoms with Crippen molar-refractivity contribution < 1.29 is 144 Å². The number of fused-ring (bicyclic) bond motifs is 6. The Hall–Kier alpha value is -10.9. The summed E-state index contributed by atoms with van der Waals surface area (Å²) in [7, 11) is 0.418. The first-order chi connectivity index (χ1) is 69.9. The van der Waals surface area contributed by atoms with E-state index in [0.717, 1.165) is 21.2 Å². The number of primary amides is 2. The van der Waals surface area contributed by atoms with Gasteiger partial charge in [-0.15, -0.1) is 0 Å². The molecule has 3 aliphatic heterocycles. The van der Waals surface area contributed by atoms with Gasteiger partial charge in [-0.1, -0.05) is 97.2 Å². The number of hydrogen-bond acceptors (Lipinski definition) is 32. The van der Waals surface area contributed by atoms with E-state index < -0.39 is 224 Å². The highest BCUT2D eigenvalue weighted by Crippen LogP contribution is 2.35. The number of aliphatic hydroxyl groups is 3. The Morgan fingerprint density at radius 1 is 0.664 bits per heavy atom. The quantitative estimate of drug-likeness (QED) is 0.0151. The van der Waals surface area contributed by atoms with Crippen molar-refractivity contribution in [2.75, 3.05) is 171 Å². The van der Waals surface area contributed by atoms with E-state index in [2.05, 4.69) is 84.0 Å². The van der Waals surface area contributed by atoms with Crippen molar-refractivity contribution in [3.63, 3.8) is 0 Å². The molecule has 48 heteroatoms. The van der Waals surface area contributed by atoms with Crippen molar-refractivity contribution in [3.8, 4) is 5.75 Å². The van der Waals surface area contributed by atoms with Crippen LogP contribution in [-0.2, 0) is 141 Å². The van der Waals surface area contributed by atoms with Gasteiger partial charge >= 0.3 is 18.2 Å². The highest BCUT2D eigenvalue weighted by molar-refractivity contribution is 9.09. The predicted molar refractivity (Wildman–Crippen MR) is 536 cm³/mol. The molecule has 146 heavy (non-hydrogen) atoms. The van der Waals surface area contributed by atoms with E-state index in [4.69, 9.17) is 58.8 Å². The van der Waals surface area contributed by atoms with Crippen LogP contribution in [0.15, 0.2) is 65.7 Å². The summed E-state index contributed by atoms with van der Waals surface area (Å²) in [6, 6.07) is 7.48. The van der Waals surface area contributed by atoms with E-state index in [1.807, 2.05) is 0 Å². The number of likely N-dealkylation sites (N-methyl/N-ethyl adjacent to an activating group) is 1. The third-order valence-electron chi connectivity index (χ3n) is 25.0. The summed E-state index contributed by atoms with van der Waals surface area (Å²) in [4.78, 5) is 240. The summed E-state index contributed by atoms with van der Waals surface area (Å²) >= 11 is 6.90. The summed E-state index contributed by atoms with van der Waals surface area (Å²) in [6.07, 6.45) is -7.48. The lowest BCUT2D eigenvalue weighted by Gasteiger charge is -2.32. The smallest absolute Gasteiger partial charge is 0.415 e. The van der Waals surface area contributed by atoms with Gasteiger partial charge in [-0.3, -0.25) is 66.5 Å². The SMILES string of the molecule is CC[C@H](C)[C@@H]1NC(=O)CNC(=O)[C@@H]2CC(=O)[C@H]([C@@H](C)[C@@H](O)CO)NC(=O)[C@@H]3C[C@@H](O)CN3C(=O)[C@H](CC(N)=O)CC(=O)[C@H](CS(=O)c3[nH]c4cc(OC(=O)N(C)CCN(CCOCCOCCOCCCC(=O)c5ccc6nc(CBr)c(CBr)nc6c5)C(=O)OCc5ccc(CC(=O)C(CCCNC(N)=O)NC(=O)[C@@H](CC(=O)CCOCCOCCOCCOCCOC)C(C)C)cc5)ccc4c3C2)NC(=O)CNC1=O. The zero-order chi connectivity index (χ0) is 106. The van der Waals surface area contributed by atoms with Gasteiger partial charge in [-0.2, -0.15) is 0 Å². The highest BCUT2D eigenvalue weighted by Gasteiger charge is 2.46. The number of ketones is 5. The van der Waals surface area contributed by atoms with Crippen LogP contribution in [0.4, 0.5) is 14.4 Å². The number of aromatic nitrogens is 3. The van der Waals surface area contributed by atoms with Crippen molar-refractivity contribution in [3.05, 3.63) is 94.3 Å². The highest BCUT2D eigenvalue weighted by atomic mass is 79.9. The van der Waals surface area contributed by atoms with Crippen LogP contribution < -0.4 is 53.4 Å². The molecule has 15 N–H and O–H groups in total. The van der Waals surface area contributed by atoms with Gasteiger partial charge in [0.05, 0.1) is 193 Å². The maximum Gasteiger partial charge on any atom is 0.415 e. The number of benzene rings is 3. The number of amides is 12. The molecule has 12 amide bonds. The molecule has 0 spiro atoms. The molecule has 1 fully saturated rings. The van der Waals surface area contributed by atoms with Crippen LogP contribution in [0.3, 0.4) is 0 Å². The zero-order valence-electron chi connectivity index (χ0n) is 83.5. The molecule has 13 atom stereocenters. The number of aliphatic hydroxyl groups excluding tert-OH is 3. The van der Waals surface area contributed by atoms with Crippen molar-refractivity contribution >= 4 is 159 Å². The van der Waals surface area contributed by atoms with Gasteiger partial charge in [0, 0.05) is 150 Å². The molecular formula is C98H139Br2N15O30S. The van der Waals surface area contributed by atoms with E-state index >= 15 is 13.8 Å². The molecule has 0 aliphatic carbocycles. The summed E-state index contributed by atoms with van der Waals surface area (Å²) in [5.74, 6) is -17.5. The minimum Gasteiger partial charge on any atom is -0.445 e. The predicted octanol–water partition coefficient (Wildman–Crippen LogP) is 2.45. The summed E-state index contributed by atoms with van der Waals surface area (Å²) in [5, 5.41) is 51.3. The Balaban J connectivity index is 0.990. The Bertz CT molecular complexity index is 5260. The molecule has 3 aliphatic rings. The molecule has 0 radical (unpaired) electrons. The first kappa shape index (κ1) is 120. The van der Waals surface area contributed by atoms with E-state index in [9.17, 15) is 82.4 Å². The molecule has 2 unspecified atom stereocenters. The summed E-state index contributed by atoms with van der Waals surface area (Å²) in [5.41, 5.74) is 15.5. The number of aromatic amines is 1. The van der Waals surface area contributed by atoms with Crippen LogP contribution in [0.5, 0.6) is 5.75 Å². The standard InChI is InChI=1S/C98H139Br2N15O30S/c1-8-59(4)88-93(130)105-52-86(125)108-78-57-146(135)94-71(42-64(90(127)104-53-87(126)111-88)44-83(122)89(60(5)84(123)55-116)112-92(129)79-48-67(118)54-115(79)95(131)65(45-82(78)121)46-85(101)124)69-19-18-68(49-74(69)110-94)145-97(133)113(6)23-24-114(25-28-139-33-36-141-34-31-137-26-10-12-80(119)63-17-20-72-75(43-63)107-77(51-100)76(50-99)106-72)98(134)144-56-62-15-13-61(14-16-62)41-81(120)73(11-9-22-103-96(102)132)109-91(128)70(58(2)3)47-66(117)21-27-138-32-35-142-39-40-143-38-37-140-30-29-136-7/h13-20,43,49,58-60,64-65,67,70,73,78-79,84,88-89,110,116,118,123H,8-12,21-42,44-48,50-57H2,1-7H3,(H2,101,124)(H,104,127)(H,105,130)(H,108,125)(H,109,128)(H,111,126)(H,112,129)(H3,102,103,132)/t59-,60-,64-,65-,67+,70-,73?,78-,79-,84-,88-,89-,146?/m0/s1. The lowest BCUT2D eigenvalue weighted by molar-refractivity contribution is -0.145. The molecule has 2 bridgehead atoms. The number of carbonyl (C=O) groups is 16. The van der Waals surface area contributed by atoms with Crippen LogP contribution in [0.2, 0.25) is 0 Å². The number of urea groups is 1. The number of H-pyrrole nitrogens is 1. The third kappa shape index (κ3) is 39.3. The van der Waals surface area contributed by atoms with Crippen LogP contribution in [0.1, 0.15) is 144 Å². The maximum absolute atomic E-state index is 15.5. The second kappa shape index (κ2) is 63.1. The van der Waals surface area contributed by atoms with Gasteiger partial charge in [0.25, 0.3) is 0 Å². The average Bonchev–Trinajstić information content (AvgIpc) is 1.61. The fraction of sp³-hybridized carbons (Fsp3) is 0.612. The van der Waals surface area contributed by atoms with Gasteiger partial charge in [0.1, 0.15) is 35.2 Å². The number of methoxy groups -OCH3 is 1. The number of nitrogens with one attached hydrogen (secondary N) is 8. The summed E-state index contributed by atoms with van der Waals surface area (Å²) in [6.45, 7) is 8.30. The number of rotatable bonds is 56. The molecule has 45 nitrogen and oxygen atoms in total. The van der Waals surface area contributed by atoms with Crippen molar-refractivity contribution in [2.24, 2.45) is 47.0 Å². The Kier molecular flexibility index (Phi) is 52.0. The minimum absolute atomic E-state index is 0.0183. The maximum atomic E-state index is 15.5. The second-order valence-corrected chi connectivity index (χ2v) is 38.8. The number of carbonyl (C=O) groups excluding carboxylic acids is 16. The fourth-order valence-corrected chi connectivity index (χ4v) is 18.7. The van der Waals surface area contributed by atoms with Gasteiger partial charge in [-0.05, 0) is 84.5 Å². The Morgan fingerprint density at radius 3 is 1.90 bits per heavy atom. The Labute approximate surface area is 865 Å². The van der Waals surface area contributed by atoms with Gasteiger partial charge in [-0.25, -0.2) is 24.4 Å². The van der Waals surface area contributed by atoms with Crippen molar-refractivity contribution in [1.29, 1.82) is 0 Å². The van der Waals surface area contributed by atoms with Gasteiger partial charge < -0.3 is 131 Å². The van der Waals surface area contributed by atoms with Crippen LogP contribution in [0.25, 0.3) is 21.9 Å². The van der Waals surface area contributed by atoms with Gasteiger partial charge in [0.15, 0.2) is 23.1 Å². The number of ether oxygens (including phenoxy) is 10. The molecule has 0 saturated carbocycles. The summed E-state index contributed by atoms with van der Waals surface area (Å²) < 4.78 is 71.7. The number of alkyl halides is 2. The van der Waals surface area contributed by atoms with Crippen molar-refractivity contribution in [2.45, 2.75) is 183 Å². The average molecular weight is 2200 g/mol. The molecule has 3 aromatic carbocycles. The third-order valence-corrected chi connectivity index (χ3v) is 27.5. The first-order valence-electron chi connectivity index (χ1n) is 48.8. The van der Waals surface area contributed by atoms with E-state index in [-0.39, 0.29) is 181 Å². The van der Waals surface area contributed by atoms with E-state index in [1.54, 1.807) is 77.3 Å². The lowest BCUT2D eigenvalue weighted by Crippen LogP contribution is -2.56. The minimum atomic E-state index is -2.54. The molecule has 1 saturated heterocycles. The number of hydrogen-bond donors (Lipinski definition) is 13. The number of nitrogens with two attached hydrogens (primary N) is 2. The largest absolute Gasteiger partial charge is 0.445 e. The molecular weight excluding hydrogens is 2060 g/mol. The van der Waals surface area contributed by atoms with Gasteiger partial charge in [0.2, 0.25) is 47.3 Å². The molecule has 5 heterocycles. The topological polar surface area (TPSA) is 631 Å². The molecule has 806 valence electrons. The number of Topliss-reactive ketones (excluding diaryl/α,β-unsaturated/α-hetero) is 5. The zero-order valence-corrected chi connectivity index (χ0v) is 87.5. The van der Waals surface area contributed by atoms with E-state index in [1.165, 1.54) is 37.1 Å². The molecule has 8 rings (SSSR count). The molecule has 5 aromatic rings. The van der Waals surface area contributed by atoms with E-state index in [0.29, 0.717) is 90.9 Å². The second-order valence-electron chi connectivity index (χ2n) is 36.3. The molecule has 2 aromatic heterocycles. The lowest BCUT2D eigenvalue weighted by atomic mass is 9.85. The van der Waals surface area contributed by atoms with Crippen molar-refractivity contribution in [1.82, 2.24) is 66.9 Å². The normalized spacial score (nSPS) is 19.5. The number of halogens is 2. The fourth-order valence-electron chi connectivity index (χ4n) is 16.4. The number of nitrogens with zero attached hydrogens (tertiary/aromatic N) is 5. The monoisotopic (exact) mass is 2200 g/mol. The van der Waals surface area contributed by atoms with Crippen LogP contribution in [-0.4, -0.2) is 357 Å². The Morgan fingerprint density at radius 2 is 1.28 bits per heavy atom. The van der Waals surface area contributed by atoms with Crippen LogP contribution in [0, 0.1) is 35.5 Å². The first-order valence-corrected chi connectivity index (χ1v) is 52.4. The van der Waals surface area contributed by atoms with Crippen LogP contribution >= 0.6 is 31.9 Å².